The lowest BCUT2D eigenvalue weighted by Crippen LogP contribution is -2.34. The van der Waals surface area contributed by atoms with Gasteiger partial charge in [0, 0.05) is 24.6 Å². The Kier molecular flexibility index (Phi) is 6.44. The summed E-state index contributed by atoms with van der Waals surface area (Å²) in [5.41, 5.74) is 0.933. The number of H-pyrrole nitrogens is 1. The van der Waals surface area contributed by atoms with Gasteiger partial charge in [0.25, 0.3) is 0 Å². The number of hydrogen-bond acceptors (Lipinski definition) is 4. The predicted octanol–water partition coefficient (Wildman–Crippen LogP) is 3.85. The third-order valence-electron chi connectivity index (χ3n) is 4.89. The number of benzene rings is 1. The van der Waals surface area contributed by atoms with Crippen molar-refractivity contribution < 1.29 is 9.53 Å². The van der Waals surface area contributed by atoms with Crippen molar-refractivity contribution in [2.45, 2.75) is 57.5 Å². The van der Waals surface area contributed by atoms with Crippen molar-refractivity contribution in [3.63, 3.8) is 0 Å². The van der Waals surface area contributed by atoms with Crippen molar-refractivity contribution in [3.8, 4) is 17.1 Å². The Balaban J connectivity index is 1.63. The summed E-state index contributed by atoms with van der Waals surface area (Å²) in [4.78, 5) is 12.4. The number of methoxy groups -OCH3 is 1. The molecule has 1 heterocycles. The molecule has 1 aromatic heterocycles. The van der Waals surface area contributed by atoms with E-state index >= 15 is 0 Å². The number of nitrogens with zero attached hydrogens (tertiary/aromatic N) is 2. The average Bonchev–Trinajstić information content (AvgIpc) is 2.84. The van der Waals surface area contributed by atoms with Crippen molar-refractivity contribution in [3.05, 3.63) is 29.0 Å². The number of rotatable bonds is 6. The summed E-state index contributed by atoms with van der Waals surface area (Å²) in [7, 11) is 1.64. The molecule has 1 amide bonds. The van der Waals surface area contributed by atoms with Crippen LogP contribution in [0.1, 0.15) is 44.9 Å². The van der Waals surface area contributed by atoms with Crippen molar-refractivity contribution in [2.75, 3.05) is 7.11 Å². The van der Waals surface area contributed by atoms with Crippen molar-refractivity contribution >= 4 is 18.1 Å². The standard InChI is InChI=1S/C19H26N4O2S/c1-25-16-10-8-14(9-11-16)18-21-22-19(26)23(18)13-12-17(24)20-15-6-4-2-3-5-7-15/h8-11,15H,2-7,12-13H2,1H3,(H,20,24)(H,22,26). The highest BCUT2D eigenvalue weighted by Gasteiger charge is 2.16. The topological polar surface area (TPSA) is 71.9 Å². The minimum absolute atomic E-state index is 0.0840. The summed E-state index contributed by atoms with van der Waals surface area (Å²) in [6, 6.07) is 7.97. The number of aromatic nitrogens is 3. The molecule has 26 heavy (non-hydrogen) atoms. The van der Waals surface area contributed by atoms with Crippen molar-refractivity contribution in [1.29, 1.82) is 0 Å². The molecule has 0 unspecified atom stereocenters. The molecular formula is C19H26N4O2S. The Morgan fingerprint density at radius 3 is 2.62 bits per heavy atom. The normalized spacial score (nSPS) is 15.4. The fourth-order valence-corrected chi connectivity index (χ4v) is 3.65. The van der Waals surface area contributed by atoms with Crippen LogP contribution in [-0.2, 0) is 11.3 Å². The molecule has 0 saturated heterocycles. The quantitative estimate of drug-likeness (QED) is 0.595. The van der Waals surface area contributed by atoms with E-state index < -0.39 is 0 Å². The fraction of sp³-hybridized carbons (Fsp3) is 0.526. The summed E-state index contributed by atoms with van der Waals surface area (Å²) in [6.07, 6.45) is 7.55. The molecule has 0 spiro atoms. The number of amides is 1. The summed E-state index contributed by atoms with van der Waals surface area (Å²) in [5, 5.41) is 10.3. The van der Waals surface area contributed by atoms with Crippen molar-refractivity contribution in [2.24, 2.45) is 0 Å². The molecule has 1 saturated carbocycles. The van der Waals surface area contributed by atoms with Gasteiger partial charge in [0.2, 0.25) is 5.91 Å². The van der Waals surface area contributed by atoms with Gasteiger partial charge in [0.1, 0.15) is 5.75 Å². The SMILES string of the molecule is COc1ccc(-c2n[nH]c(=S)n2CCC(=O)NC2CCCCCC2)cc1. The maximum absolute atomic E-state index is 12.4. The molecule has 0 aliphatic heterocycles. The zero-order chi connectivity index (χ0) is 18.4. The molecule has 0 radical (unpaired) electrons. The van der Waals surface area contributed by atoms with E-state index in [2.05, 4.69) is 15.5 Å². The van der Waals surface area contributed by atoms with Gasteiger partial charge in [-0.1, -0.05) is 25.7 Å². The van der Waals surface area contributed by atoms with Crippen LogP contribution >= 0.6 is 12.2 Å². The van der Waals surface area contributed by atoms with Crippen LogP contribution in [0.2, 0.25) is 0 Å². The van der Waals surface area contributed by atoms with Crippen LogP contribution in [0.25, 0.3) is 11.4 Å². The Morgan fingerprint density at radius 2 is 1.96 bits per heavy atom. The molecule has 1 aliphatic carbocycles. The zero-order valence-electron chi connectivity index (χ0n) is 15.2. The van der Waals surface area contributed by atoms with Gasteiger partial charge in [-0.3, -0.25) is 14.5 Å². The van der Waals surface area contributed by atoms with Gasteiger partial charge in [0.15, 0.2) is 10.6 Å². The van der Waals surface area contributed by atoms with E-state index in [1.165, 1.54) is 25.7 Å². The van der Waals surface area contributed by atoms with E-state index in [0.717, 1.165) is 30.0 Å². The second-order valence-electron chi connectivity index (χ2n) is 6.74. The van der Waals surface area contributed by atoms with Crippen LogP contribution in [0.15, 0.2) is 24.3 Å². The predicted molar refractivity (Wildman–Crippen MR) is 104 cm³/mol. The molecule has 140 valence electrons. The van der Waals surface area contributed by atoms with Gasteiger partial charge in [-0.05, 0) is 49.3 Å². The van der Waals surface area contributed by atoms with Crippen LogP contribution in [0, 0.1) is 4.77 Å². The molecule has 0 atom stereocenters. The average molecular weight is 375 g/mol. The maximum Gasteiger partial charge on any atom is 0.222 e. The second kappa shape index (κ2) is 8.98. The third kappa shape index (κ3) is 4.72. The van der Waals surface area contributed by atoms with Gasteiger partial charge in [-0.25, -0.2) is 0 Å². The monoisotopic (exact) mass is 374 g/mol. The molecule has 6 nitrogen and oxygen atoms in total. The highest BCUT2D eigenvalue weighted by Crippen LogP contribution is 2.21. The largest absolute Gasteiger partial charge is 0.497 e. The maximum atomic E-state index is 12.4. The number of ether oxygens (including phenoxy) is 1. The molecule has 7 heteroatoms. The Bertz CT molecular complexity index is 774. The molecule has 3 rings (SSSR count). The van der Waals surface area contributed by atoms with Gasteiger partial charge >= 0.3 is 0 Å². The molecule has 1 fully saturated rings. The highest BCUT2D eigenvalue weighted by molar-refractivity contribution is 7.71. The molecule has 2 aromatic rings. The zero-order valence-corrected chi connectivity index (χ0v) is 16.0. The number of aromatic amines is 1. The van der Waals surface area contributed by atoms with Crippen molar-refractivity contribution in [1.82, 2.24) is 20.1 Å². The first-order valence-corrected chi connectivity index (χ1v) is 9.67. The molecule has 0 bridgehead atoms. The van der Waals surface area contributed by atoms with Gasteiger partial charge < -0.3 is 10.1 Å². The lowest BCUT2D eigenvalue weighted by atomic mass is 10.1. The van der Waals surface area contributed by atoms with Crippen LogP contribution < -0.4 is 10.1 Å². The Labute approximate surface area is 159 Å². The minimum atomic E-state index is 0.0840. The summed E-state index contributed by atoms with van der Waals surface area (Å²) in [5.74, 6) is 1.61. The first-order valence-electron chi connectivity index (χ1n) is 9.26. The number of carbonyl (C=O) groups is 1. The van der Waals surface area contributed by atoms with E-state index in [9.17, 15) is 4.79 Å². The first-order chi connectivity index (χ1) is 12.7. The van der Waals surface area contributed by atoms with Crippen LogP contribution in [0.4, 0.5) is 0 Å². The van der Waals surface area contributed by atoms with Crippen LogP contribution in [0.3, 0.4) is 0 Å². The molecule has 1 aliphatic rings. The third-order valence-corrected chi connectivity index (χ3v) is 5.20. The van der Waals surface area contributed by atoms with Crippen LogP contribution in [0.5, 0.6) is 5.75 Å². The highest BCUT2D eigenvalue weighted by atomic mass is 32.1. The lowest BCUT2D eigenvalue weighted by molar-refractivity contribution is -0.122. The molecule has 1 aromatic carbocycles. The summed E-state index contributed by atoms with van der Waals surface area (Å²) in [6.45, 7) is 0.509. The van der Waals surface area contributed by atoms with E-state index in [4.69, 9.17) is 17.0 Å². The molecular weight excluding hydrogens is 348 g/mol. The van der Waals surface area contributed by atoms with Gasteiger partial charge in [-0.15, -0.1) is 0 Å². The van der Waals surface area contributed by atoms with E-state index in [-0.39, 0.29) is 5.91 Å². The van der Waals surface area contributed by atoms with E-state index in [1.807, 2.05) is 28.8 Å². The van der Waals surface area contributed by atoms with E-state index in [0.29, 0.717) is 23.8 Å². The molecule has 2 N–H and O–H groups in total. The second-order valence-corrected chi connectivity index (χ2v) is 7.13. The van der Waals surface area contributed by atoms with Gasteiger partial charge in [-0.2, -0.15) is 5.10 Å². The fourth-order valence-electron chi connectivity index (χ4n) is 3.42. The van der Waals surface area contributed by atoms with E-state index in [1.54, 1.807) is 7.11 Å². The number of nitrogens with one attached hydrogen (secondary N) is 2. The smallest absolute Gasteiger partial charge is 0.222 e. The summed E-state index contributed by atoms with van der Waals surface area (Å²) < 4.78 is 7.60. The van der Waals surface area contributed by atoms with Crippen LogP contribution in [-0.4, -0.2) is 33.8 Å². The number of hydrogen-bond donors (Lipinski definition) is 2. The Morgan fingerprint density at radius 1 is 1.27 bits per heavy atom. The minimum Gasteiger partial charge on any atom is -0.497 e. The lowest BCUT2D eigenvalue weighted by Gasteiger charge is -2.16. The van der Waals surface area contributed by atoms with Gasteiger partial charge in [0.05, 0.1) is 7.11 Å². The summed E-state index contributed by atoms with van der Waals surface area (Å²) >= 11 is 5.34. The Hall–Kier alpha value is -2.15. The first kappa shape index (κ1) is 18.6. The number of carbonyl (C=O) groups excluding carboxylic acids is 1.